The van der Waals surface area contributed by atoms with E-state index in [0.29, 0.717) is 12.0 Å². The predicted molar refractivity (Wildman–Crippen MR) is 56.8 cm³/mol. The fourth-order valence-corrected chi connectivity index (χ4v) is 2.38. The average molecular weight is 188 g/mol. The van der Waals surface area contributed by atoms with Crippen molar-refractivity contribution in [2.24, 2.45) is 5.92 Å². The molecule has 2 aliphatic rings. The minimum atomic E-state index is 0.544. The maximum atomic E-state index is 6.00. The van der Waals surface area contributed by atoms with E-state index in [1.165, 1.54) is 29.7 Å². The van der Waals surface area contributed by atoms with Crippen molar-refractivity contribution in [3.8, 4) is 5.75 Å². The summed E-state index contributed by atoms with van der Waals surface area (Å²) in [5.74, 6) is 2.59. The highest BCUT2D eigenvalue weighted by Crippen LogP contribution is 2.46. The molecule has 1 aliphatic heterocycles. The Kier molecular flexibility index (Phi) is 1.64. The van der Waals surface area contributed by atoms with Crippen molar-refractivity contribution in [2.75, 3.05) is 0 Å². The molecule has 0 bridgehead atoms. The summed E-state index contributed by atoms with van der Waals surface area (Å²) >= 11 is 0. The van der Waals surface area contributed by atoms with Gasteiger partial charge in [0.25, 0.3) is 0 Å². The van der Waals surface area contributed by atoms with Gasteiger partial charge in [-0.3, -0.25) is 0 Å². The van der Waals surface area contributed by atoms with Gasteiger partial charge in [-0.05, 0) is 29.9 Å². The van der Waals surface area contributed by atoms with E-state index in [-0.39, 0.29) is 0 Å². The fraction of sp³-hybridized carbons (Fsp3) is 0.538. The molecule has 1 fully saturated rings. The molecule has 0 spiro atoms. The molecule has 0 amide bonds. The van der Waals surface area contributed by atoms with Crippen LogP contribution in [0.4, 0.5) is 0 Å². The van der Waals surface area contributed by atoms with Gasteiger partial charge in [0.05, 0.1) is 0 Å². The van der Waals surface area contributed by atoms with Gasteiger partial charge in [0.2, 0.25) is 0 Å². The zero-order valence-electron chi connectivity index (χ0n) is 8.79. The van der Waals surface area contributed by atoms with E-state index in [1.807, 2.05) is 0 Å². The third kappa shape index (κ3) is 1.15. The molecule has 1 saturated carbocycles. The first-order valence-electron chi connectivity index (χ1n) is 5.54. The van der Waals surface area contributed by atoms with Crippen LogP contribution in [0.25, 0.3) is 0 Å². The molecule has 1 nitrogen and oxygen atoms in total. The molecular formula is C13H16O. The number of rotatable bonds is 1. The third-order valence-corrected chi connectivity index (χ3v) is 3.36. The molecule has 14 heavy (non-hydrogen) atoms. The summed E-state index contributed by atoms with van der Waals surface area (Å²) in [6.07, 6.45) is 3.05. The predicted octanol–water partition coefficient (Wildman–Crippen LogP) is 3.13. The second-order valence-electron chi connectivity index (χ2n) is 4.85. The minimum absolute atomic E-state index is 0.544. The number of para-hydroxylation sites is 1. The Labute approximate surface area is 85.1 Å². The molecule has 2 unspecified atom stereocenters. The Morgan fingerprint density at radius 3 is 3.00 bits per heavy atom. The lowest BCUT2D eigenvalue weighted by atomic mass is 9.96. The second-order valence-corrected chi connectivity index (χ2v) is 4.85. The van der Waals surface area contributed by atoms with Crippen LogP contribution >= 0.6 is 0 Å². The minimum Gasteiger partial charge on any atom is -0.490 e. The van der Waals surface area contributed by atoms with Crippen LogP contribution in [-0.2, 0) is 6.42 Å². The molecule has 1 aromatic carbocycles. The lowest BCUT2D eigenvalue weighted by Gasteiger charge is -2.21. The lowest BCUT2D eigenvalue weighted by molar-refractivity contribution is 0.261. The van der Waals surface area contributed by atoms with Crippen LogP contribution in [0.1, 0.15) is 37.3 Å². The van der Waals surface area contributed by atoms with Crippen LogP contribution in [0.2, 0.25) is 0 Å². The van der Waals surface area contributed by atoms with E-state index < -0.39 is 0 Å². The molecule has 74 valence electrons. The summed E-state index contributed by atoms with van der Waals surface area (Å²) in [5, 5.41) is 0. The number of ether oxygens (including phenoxy) is 1. The summed E-state index contributed by atoms with van der Waals surface area (Å²) in [5.41, 5.74) is 2.81. The number of benzene rings is 1. The van der Waals surface area contributed by atoms with E-state index in [4.69, 9.17) is 4.74 Å². The molecule has 0 radical (unpaired) electrons. The summed E-state index contributed by atoms with van der Waals surface area (Å²) < 4.78 is 6.00. The van der Waals surface area contributed by atoms with Crippen molar-refractivity contribution >= 4 is 0 Å². The average Bonchev–Trinajstić information content (AvgIpc) is 2.90. The summed E-state index contributed by atoms with van der Waals surface area (Å²) in [6.45, 7) is 4.47. The first-order chi connectivity index (χ1) is 6.75. The summed E-state index contributed by atoms with van der Waals surface area (Å²) in [4.78, 5) is 0. The van der Waals surface area contributed by atoms with Crippen LogP contribution in [-0.4, -0.2) is 6.10 Å². The standard InChI is InChI=1S/C13H16O/c1-8(2)11-5-3-4-9-6-10-7-12(10)14-13(9)11/h3-5,8,10,12H,6-7H2,1-2H3. The molecule has 1 aliphatic carbocycles. The molecule has 2 atom stereocenters. The first kappa shape index (κ1) is 8.34. The normalized spacial score (nSPS) is 27.9. The highest BCUT2D eigenvalue weighted by Gasteiger charge is 2.43. The fourth-order valence-electron chi connectivity index (χ4n) is 2.38. The van der Waals surface area contributed by atoms with Gasteiger partial charge < -0.3 is 4.74 Å². The van der Waals surface area contributed by atoms with Gasteiger partial charge in [0.1, 0.15) is 11.9 Å². The monoisotopic (exact) mass is 188 g/mol. The van der Waals surface area contributed by atoms with Crippen LogP contribution in [0, 0.1) is 5.92 Å². The topological polar surface area (TPSA) is 9.23 Å². The van der Waals surface area contributed by atoms with Crippen molar-refractivity contribution in [1.29, 1.82) is 0 Å². The number of hydrogen-bond donors (Lipinski definition) is 0. The summed E-state index contributed by atoms with van der Waals surface area (Å²) in [6, 6.07) is 6.59. The maximum absolute atomic E-state index is 6.00. The molecule has 1 heteroatoms. The van der Waals surface area contributed by atoms with Crippen LogP contribution in [0.5, 0.6) is 5.75 Å². The molecule has 1 aromatic rings. The van der Waals surface area contributed by atoms with E-state index in [2.05, 4.69) is 32.0 Å². The van der Waals surface area contributed by atoms with Gasteiger partial charge in [-0.1, -0.05) is 32.0 Å². The van der Waals surface area contributed by atoms with Crippen molar-refractivity contribution in [1.82, 2.24) is 0 Å². The third-order valence-electron chi connectivity index (χ3n) is 3.36. The SMILES string of the molecule is CC(C)c1cccc2c1OC1CC1C2. The maximum Gasteiger partial charge on any atom is 0.126 e. The van der Waals surface area contributed by atoms with Gasteiger partial charge in [0.15, 0.2) is 0 Å². The molecule has 0 saturated heterocycles. The van der Waals surface area contributed by atoms with Crippen LogP contribution in [0.3, 0.4) is 0 Å². The van der Waals surface area contributed by atoms with Gasteiger partial charge in [-0.25, -0.2) is 0 Å². The van der Waals surface area contributed by atoms with Gasteiger partial charge in [-0.2, -0.15) is 0 Å². The highest BCUT2D eigenvalue weighted by atomic mass is 16.5. The van der Waals surface area contributed by atoms with Crippen LogP contribution < -0.4 is 4.74 Å². The van der Waals surface area contributed by atoms with E-state index in [1.54, 1.807) is 0 Å². The molecule has 1 heterocycles. The lowest BCUT2D eigenvalue weighted by Crippen LogP contribution is -2.12. The number of fused-ring (bicyclic) bond motifs is 2. The highest BCUT2D eigenvalue weighted by molar-refractivity contribution is 5.46. The smallest absolute Gasteiger partial charge is 0.126 e. The van der Waals surface area contributed by atoms with Crippen molar-refractivity contribution in [3.05, 3.63) is 29.3 Å². The van der Waals surface area contributed by atoms with Crippen molar-refractivity contribution in [3.63, 3.8) is 0 Å². The molecule has 0 N–H and O–H groups in total. The zero-order valence-corrected chi connectivity index (χ0v) is 8.79. The van der Waals surface area contributed by atoms with Crippen molar-refractivity contribution < 1.29 is 4.74 Å². The number of hydrogen-bond acceptors (Lipinski definition) is 1. The van der Waals surface area contributed by atoms with Crippen LogP contribution in [0.15, 0.2) is 18.2 Å². The Morgan fingerprint density at radius 2 is 2.21 bits per heavy atom. The second kappa shape index (κ2) is 2.75. The zero-order chi connectivity index (χ0) is 9.71. The molecule has 3 rings (SSSR count). The first-order valence-corrected chi connectivity index (χ1v) is 5.54. The Morgan fingerprint density at radius 1 is 1.36 bits per heavy atom. The quantitative estimate of drug-likeness (QED) is 0.658. The largest absolute Gasteiger partial charge is 0.490 e. The van der Waals surface area contributed by atoms with E-state index >= 15 is 0 Å². The Hall–Kier alpha value is -0.980. The Bertz CT molecular complexity index is 367. The summed E-state index contributed by atoms with van der Waals surface area (Å²) in [7, 11) is 0. The molecule has 0 aromatic heterocycles. The van der Waals surface area contributed by atoms with Gasteiger partial charge >= 0.3 is 0 Å². The van der Waals surface area contributed by atoms with Crippen molar-refractivity contribution in [2.45, 2.75) is 38.7 Å². The van der Waals surface area contributed by atoms with Gasteiger partial charge in [0, 0.05) is 5.92 Å². The van der Waals surface area contributed by atoms with Gasteiger partial charge in [-0.15, -0.1) is 0 Å². The molecular weight excluding hydrogens is 172 g/mol. The van der Waals surface area contributed by atoms with E-state index in [0.717, 1.165) is 5.92 Å². The van der Waals surface area contributed by atoms with E-state index in [9.17, 15) is 0 Å². The Balaban J connectivity index is 2.07.